The molecule has 6 amide bonds. The number of fused-ring (bicyclic) bond motifs is 2. The first-order valence-electron chi connectivity index (χ1n) is 21.6. The maximum Gasteiger partial charge on any atom is 0.267 e. The standard InChI is InChI=1S/C48H51FN6O12/c1-26-21-29(49)22-27(2)42(26)67-37-11-9-28(48(3,4)63)23-31(37)33-25-54(5)45(60)32-24-35(52-41(32)33)43(58)50-14-16-65-18-20-66-19-17-64-15-13-39(57)51-34-8-6-7-30-40(34)47(62)55(46(30)61)36-10-12-38(56)53-44(36)59/h6-9,11,21-25,36,52,63H,10,12-20H2,1-5H3,(H,50,58)(H,51,57)(H,53,56,59). The number of nitrogens with zero attached hydrogens (tertiary/aromatic N) is 2. The van der Waals surface area contributed by atoms with Gasteiger partial charge in [-0.2, -0.15) is 0 Å². The van der Waals surface area contributed by atoms with Crippen molar-refractivity contribution >= 4 is 52.0 Å². The summed E-state index contributed by atoms with van der Waals surface area (Å²) < 4.78 is 38.6. The number of pyridine rings is 1. The SMILES string of the molecule is Cc1cc(F)cc(C)c1Oc1ccc(C(C)(C)O)cc1-c1cn(C)c(=O)c2cc(C(=O)NCCOCCOCCOCCC(=O)Nc3cccc4c3C(=O)N(C3CCC(=O)NC3=O)C4=O)[nH]c12. The molecule has 5 aromatic rings. The average Bonchev–Trinajstić information content (AvgIpc) is 3.83. The van der Waals surface area contributed by atoms with Crippen LogP contribution in [-0.2, 0) is 41.2 Å². The minimum Gasteiger partial charge on any atom is -0.456 e. The van der Waals surface area contributed by atoms with Crippen molar-refractivity contribution in [1.82, 2.24) is 25.1 Å². The lowest BCUT2D eigenvalue weighted by Gasteiger charge is -2.27. The van der Waals surface area contributed by atoms with E-state index in [0.29, 0.717) is 44.8 Å². The number of amides is 6. The Bertz CT molecular complexity index is 2820. The molecule has 18 nitrogen and oxygen atoms in total. The minimum atomic E-state index is -1.22. The molecule has 0 saturated carbocycles. The Hall–Kier alpha value is -7.06. The van der Waals surface area contributed by atoms with Gasteiger partial charge in [0.25, 0.3) is 23.3 Å². The van der Waals surface area contributed by atoms with Crippen LogP contribution in [0.4, 0.5) is 10.1 Å². The predicted molar refractivity (Wildman–Crippen MR) is 241 cm³/mol. The van der Waals surface area contributed by atoms with E-state index in [2.05, 4.69) is 20.9 Å². The molecule has 1 unspecified atom stereocenters. The molecular formula is C48H51FN6O12. The van der Waals surface area contributed by atoms with E-state index < -0.39 is 52.9 Å². The molecule has 1 atom stereocenters. The molecule has 2 aliphatic heterocycles. The van der Waals surface area contributed by atoms with Crippen molar-refractivity contribution in [3.8, 4) is 22.6 Å². The second-order valence-corrected chi connectivity index (χ2v) is 16.7. The van der Waals surface area contributed by atoms with E-state index in [-0.39, 0.29) is 98.9 Å². The highest BCUT2D eigenvalue weighted by molar-refractivity contribution is 6.26. The Morgan fingerprint density at radius 1 is 0.866 bits per heavy atom. The number of H-pyrrole nitrogens is 1. The van der Waals surface area contributed by atoms with Gasteiger partial charge >= 0.3 is 0 Å². The number of benzene rings is 3. The Labute approximate surface area is 383 Å². The van der Waals surface area contributed by atoms with Crippen LogP contribution in [0.3, 0.4) is 0 Å². The molecule has 0 radical (unpaired) electrons. The molecule has 352 valence electrons. The molecule has 5 N–H and O–H groups in total. The van der Waals surface area contributed by atoms with Crippen LogP contribution >= 0.6 is 0 Å². The Morgan fingerprint density at radius 3 is 2.24 bits per heavy atom. The Kier molecular flexibility index (Phi) is 14.4. The zero-order valence-corrected chi connectivity index (χ0v) is 37.6. The van der Waals surface area contributed by atoms with Gasteiger partial charge in [0.2, 0.25) is 17.7 Å². The van der Waals surface area contributed by atoms with Gasteiger partial charge in [-0.25, -0.2) is 4.39 Å². The van der Waals surface area contributed by atoms with Crippen LogP contribution in [0.25, 0.3) is 22.0 Å². The van der Waals surface area contributed by atoms with Crippen LogP contribution in [0, 0.1) is 19.7 Å². The topological polar surface area (TPSA) is 237 Å². The first-order chi connectivity index (χ1) is 31.9. The number of carbonyl (C=O) groups excluding carboxylic acids is 6. The summed E-state index contributed by atoms with van der Waals surface area (Å²) in [4.78, 5) is 93.6. The quantitative estimate of drug-likeness (QED) is 0.0568. The van der Waals surface area contributed by atoms with Gasteiger partial charge in [0.05, 0.1) is 79.4 Å². The van der Waals surface area contributed by atoms with Gasteiger partial charge in [-0.1, -0.05) is 12.1 Å². The summed E-state index contributed by atoms with van der Waals surface area (Å²) >= 11 is 0. The minimum absolute atomic E-state index is 0.0111. The lowest BCUT2D eigenvalue weighted by molar-refractivity contribution is -0.136. The average molecular weight is 923 g/mol. The van der Waals surface area contributed by atoms with Crippen LogP contribution in [0.2, 0.25) is 0 Å². The van der Waals surface area contributed by atoms with Gasteiger partial charge in [-0.3, -0.25) is 43.8 Å². The number of ether oxygens (including phenoxy) is 4. The summed E-state index contributed by atoms with van der Waals surface area (Å²) in [7, 11) is 1.60. The summed E-state index contributed by atoms with van der Waals surface area (Å²) in [6.45, 7) is 7.99. The fourth-order valence-corrected chi connectivity index (χ4v) is 7.92. The van der Waals surface area contributed by atoms with E-state index in [9.17, 15) is 43.1 Å². The predicted octanol–water partition coefficient (Wildman–Crippen LogP) is 4.52. The molecule has 1 fully saturated rings. The summed E-state index contributed by atoms with van der Waals surface area (Å²) in [5.74, 6) is -3.09. The molecular weight excluding hydrogens is 872 g/mol. The van der Waals surface area contributed by atoms with Crippen molar-refractivity contribution in [2.45, 2.75) is 58.6 Å². The van der Waals surface area contributed by atoms with E-state index >= 15 is 0 Å². The zero-order valence-electron chi connectivity index (χ0n) is 37.6. The molecule has 4 heterocycles. The Balaban J connectivity index is 0.847. The number of rotatable bonds is 19. The van der Waals surface area contributed by atoms with Crippen molar-refractivity contribution in [2.24, 2.45) is 7.05 Å². The maximum absolute atomic E-state index is 14.1. The molecule has 0 bridgehead atoms. The molecule has 19 heteroatoms. The molecule has 1 saturated heterocycles. The van der Waals surface area contributed by atoms with E-state index in [1.165, 1.54) is 41.0 Å². The molecule has 67 heavy (non-hydrogen) atoms. The number of aromatic amines is 1. The summed E-state index contributed by atoms with van der Waals surface area (Å²) in [6.07, 6.45) is 1.57. The van der Waals surface area contributed by atoms with Crippen molar-refractivity contribution < 1.29 is 57.2 Å². The van der Waals surface area contributed by atoms with Gasteiger partial charge in [-0.15, -0.1) is 0 Å². The van der Waals surface area contributed by atoms with E-state index in [4.69, 9.17) is 18.9 Å². The molecule has 2 aromatic heterocycles. The van der Waals surface area contributed by atoms with Crippen LogP contribution < -0.4 is 26.2 Å². The number of hydrogen-bond donors (Lipinski definition) is 5. The highest BCUT2D eigenvalue weighted by Gasteiger charge is 2.45. The number of imide groups is 2. The van der Waals surface area contributed by atoms with E-state index in [1.54, 1.807) is 59.1 Å². The van der Waals surface area contributed by atoms with Crippen molar-refractivity contribution in [3.05, 3.63) is 110 Å². The fraction of sp³-hybridized carbons (Fsp3) is 0.354. The summed E-state index contributed by atoms with van der Waals surface area (Å²) in [5, 5.41) is 18.7. The number of hydrogen-bond acceptors (Lipinski definition) is 12. The molecule has 0 aliphatic carbocycles. The summed E-state index contributed by atoms with van der Waals surface area (Å²) in [5.41, 5.74) is 1.90. The van der Waals surface area contributed by atoms with Crippen molar-refractivity contribution in [1.29, 1.82) is 0 Å². The normalized spacial score (nSPS) is 15.0. The molecule has 7 rings (SSSR count). The number of carbonyl (C=O) groups is 6. The molecule has 0 spiro atoms. The first-order valence-corrected chi connectivity index (χ1v) is 21.6. The van der Waals surface area contributed by atoms with Gasteiger partial charge < -0.3 is 44.2 Å². The lowest BCUT2D eigenvalue weighted by Crippen LogP contribution is -2.54. The van der Waals surface area contributed by atoms with E-state index in [1.807, 2.05) is 0 Å². The first kappa shape index (κ1) is 47.9. The second-order valence-electron chi connectivity index (χ2n) is 16.7. The number of aliphatic hydroxyl groups is 1. The van der Waals surface area contributed by atoms with Gasteiger partial charge in [0.15, 0.2) is 0 Å². The lowest BCUT2D eigenvalue weighted by atomic mass is 9.93. The van der Waals surface area contributed by atoms with Crippen LogP contribution in [0.5, 0.6) is 11.5 Å². The Morgan fingerprint density at radius 2 is 1.55 bits per heavy atom. The van der Waals surface area contributed by atoms with Crippen LogP contribution in [0.15, 0.2) is 65.6 Å². The number of halogens is 1. The van der Waals surface area contributed by atoms with Crippen LogP contribution in [-0.4, -0.2) is 107 Å². The fourth-order valence-electron chi connectivity index (χ4n) is 7.92. The van der Waals surface area contributed by atoms with Crippen molar-refractivity contribution in [2.75, 3.05) is 51.5 Å². The number of anilines is 1. The van der Waals surface area contributed by atoms with E-state index in [0.717, 1.165) is 4.90 Å². The third-order valence-corrected chi connectivity index (χ3v) is 11.3. The highest BCUT2D eigenvalue weighted by Crippen LogP contribution is 2.41. The number of nitrogens with one attached hydrogen (secondary N) is 4. The third-order valence-electron chi connectivity index (χ3n) is 11.3. The highest BCUT2D eigenvalue weighted by atomic mass is 19.1. The monoisotopic (exact) mass is 922 g/mol. The van der Waals surface area contributed by atoms with Gasteiger partial charge in [0, 0.05) is 37.3 Å². The molecule has 2 aliphatic rings. The zero-order chi connectivity index (χ0) is 48.2. The number of piperidine rings is 1. The number of aromatic nitrogens is 2. The molecule has 3 aromatic carbocycles. The smallest absolute Gasteiger partial charge is 0.267 e. The number of aryl methyl sites for hydroxylation is 3. The van der Waals surface area contributed by atoms with Gasteiger partial charge in [-0.05, 0) is 93.3 Å². The summed E-state index contributed by atoms with van der Waals surface area (Å²) in [6, 6.07) is 12.7. The third kappa shape index (κ3) is 10.7. The largest absolute Gasteiger partial charge is 0.456 e. The van der Waals surface area contributed by atoms with Gasteiger partial charge in [0.1, 0.15) is 29.1 Å². The van der Waals surface area contributed by atoms with Crippen LogP contribution in [0.1, 0.15) is 81.0 Å². The maximum atomic E-state index is 14.1. The van der Waals surface area contributed by atoms with Crippen molar-refractivity contribution in [3.63, 3.8) is 0 Å². The second kappa shape index (κ2) is 20.2.